The Kier molecular flexibility index (Phi) is 4.54. The van der Waals surface area contributed by atoms with Crippen molar-refractivity contribution in [1.29, 1.82) is 0 Å². The highest BCUT2D eigenvalue weighted by Gasteiger charge is 2.18. The molecule has 0 amide bonds. The molecule has 0 saturated heterocycles. The third-order valence-corrected chi connectivity index (χ3v) is 4.35. The van der Waals surface area contributed by atoms with E-state index in [9.17, 15) is 4.39 Å². The van der Waals surface area contributed by atoms with Crippen molar-refractivity contribution in [3.63, 3.8) is 0 Å². The van der Waals surface area contributed by atoms with Crippen molar-refractivity contribution in [1.82, 2.24) is 15.1 Å². The molecule has 136 valence electrons. The SMILES string of the molecule is CCc1nc(NCc2cccc(F)c2)c2onc(-c3ccc(C)cc3)c2n1. The summed E-state index contributed by atoms with van der Waals surface area (Å²) in [4.78, 5) is 9.14. The Morgan fingerprint density at radius 1 is 1.07 bits per heavy atom. The maximum absolute atomic E-state index is 13.4. The number of aryl methyl sites for hydroxylation is 2. The number of hydrogen-bond donors (Lipinski definition) is 1. The highest BCUT2D eigenvalue weighted by Crippen LogP contribution is 2.30. The number of aromatic nitrogens is 3. The lowest BCUT2D eigenvalue weighted by Crippen LogP contribution is -2.05. The van der Waals surface area contributed by atoms with Gasteiger partial charge in [0, 0.05) is 18.5 Å². The minimum absolute atomic E-state index is 0.266. The van der Waals surface area contributed by atoms with Crippen LogP contribution >= 0.6 is 0 Å². The first-order valence-electron chi connectivity index (χ1n) is 8.85. The fourth-order valence-corrected chi connectivity index (χ4v) is 2.89. The Hall–Kier alpha value is -3.28. The summed E-state index contributed by atoms with van der Waals surface area (Å²) in [6, 6.07) is 14.5. The summed E-state index contributed by atoms with van der Waals surface area (Å²) in [5, 5.41) is 7.45. The van der Waals surface area contributed by atoms with Gasteiger partial charge in [-0.2, -0.15) is 0 Å². The summed E-state index contributed by atoms with van der Waals surface area (Å²) in [7, 11) is 0. The van der Waals surface area contributed by atoms with E-state index < -0.39 is 0 Å². The highest BCUT2D eigenvalue weighted by atomic mass is 19.1. The van der Waals surface area contributed by atoms with E-state index in [1.54, 1.807) is 6.07 Å². The second-order valence-corrected chi connectivity index (χ2v) is 6.40. The number of nitrogens with one attached hydrogen (secondary N) is 1. The first-order valence-corrected chi connectivity index (χ1v) is 8.85. The number of halogens is 1. The maximum Gasteiger partial charge on any atom is 0.228 e. The third kappa shape index (κ3) is 3.51. The molecule has 2 heterocycles. The molecule has 0 saturated carbocycles. The first kappa shape index (κ1) is 17.1. The standard InChI is InChI=1S/C21H19FN4O/c1-3-17-24-19-18(15-9-7-13(2)8-10-15)26-27-20(19)21(25-17)23-12-14-5-4-6-16(22)11-14/h4-11H,3,12H2,1-2H3,(H,23,24,25). The molecule has 6 heteroatoms. The average molecular weight is 362 g/mol. The molecule has 5 nitrogen and oxygen atoms in total. The third-order valence-electron chi connectivity index (χ3n) is 4.35. The Morgan fingerprint density at radius 2 is 1.89 bits per heavy atom. The summed E-state index contributed by atoms with van der Waals surface area (Å²) in [6.45, 7) is 4.46. The summed E-state index contributed by atoms with van der Waals surface area (Å²) in [5.41, 5.74) is 4.80. The van der Waals surface area contributed by atoms with Crippen LogP contribution in [0, 0.1) is 12.7 Å². The van der Waals surface area contributed by atoms with E-state index in [0.717, 1.165) is 11.1 Å². The number of fused-ring (bicyclic) bond motifs is 1. The zero-order chi connectivity index (χ0) is 18.8. The van der Waals surface area contributed by atoms with E-state index in [2.05, 4.69) is 20.4 Å². The molecule has 2 aromatic heterocycles. The summed E-state index contributed by atoms with van der Waals surface area (Å²) in [5.74, 6) is 0.991. The van der Waals surface area contributed by atoms with Crippen LogP contribution in [0.4, 0.5) is 10.2 Å². The molecular weight excluding hydrogens is 343 g/mol. The first-order chi connectivity index (χ1) is 13.1. The molecule has 2 aromatic carbocycles. The minimum atomic E-state index is -0.266. The zero-order valence-electron chi connectivity index (χ0n) is 15.2. The molecule has 0 bridgehead atoms. The lowest BCUT2D eigenvalue weighted by Gasteiger charge is -2.07. The fourth-order valence-electron chi connectivity index (χ4n) is 2.89. The van der Waals surface area contributed by atoms with Gasteiger partial charge in [-0.1, -0.05) is 54.0 Å². The summed E-state index contributed by atoms with van der Waals surface area (Å²) in [6.07, 6.45) is 0.684. The topological polar surface area (TPSA) is 63.8 Å². The molecule has 0 unspecified atom stereocenters. The van der Waals surface area contributed by atoms with E-state index in [0.29, 0.717) is 41.4 Å². The van der Waals surface area contributed by atoms with Crippen LogP contribution in [0.25, 0.3) is 22.4 Å². The quantitative estimate of drug-likeness (QED) is 0.547. The number of anilines is 1. The number of rotatable bonds is 5. The Balaban J connectivity index is 1.73. The van der Waals surface area contributed by atoms with Crippen LogP contribution in [0.2, 0.25) is 0 Å². The van der Waals surface area contributed by atoms with Gasteiger partial charge in [-0.3, -0.25) is 0 Å². The Labute approximate surface area is 156 Å². The van der Waals surface area contributed by atoms with Crippen molar-refractivity contribution >= 4 is 16.9 Å². The summed E-state index contributed by atoms with van der Waals surface area (Å²) >= 11 is 0. The van der Waals surface area contributed by atoms with Gasteiger partial charge in [0.1, 0.15) is 22.9 Å². The van der Waals surface area contributed by atoms with Crippen LogP contribution < -0.4 is 5.32 Å². The molecule has 0 aliphatic carbocycles. The van der Waals surface area contributed by atoms with Crippen molar-refractivity contribution in [2.75, 3.05) is 5.32 Å². The van der Waals surface area contributed by atoms with Gasteiger partial charge in [0.05, 0.1) is 0 Å². The lowest BCUT2D eigenvalue weighted by molar-refractivity contribution is 0.459. The van der Waals surface area contributed by atoms with Gasteiger partial charge in [-0.25, -0.2) is 14.4 Å². The maximum atomic E-state index is 13.4. The van der Waals surface area contributed by atoms with Gasteiger partial charge < -0.3 is 9.84 Å². The van der Waals surface area contributed by atoms with Gasteiger partial charge in [0.15, 0.2) is 5.82 Å². The van der Waals surface area contributed by atoms with Gasteiger partial charge in [0.2, 0.25) is 5.58 Å². The molecule has 0 atom stereocenters. The van der Waals surface area contributed by atoms with Gasteiger partial charge in [-0.05, 0) is 24.6 Å². The van der Waals surface area contributed by atoms with Gasteiger partial charge >= 0.3 is 0 Å². The second kappa shape index (κ2) is 7.15. The fraction of sp³-hybridized carbons (Fsp3) is 0.190. The van der Waals surface area contributed by atoms with Crippen molar-refractivity contribution in [3.05, 3.63) is 71.3 Å². The minimum Gasteiger partial charge on any atom is -0.363 e. The number of hydrogen-bond acceptors (Lipinski definition) is 5. The van der Waals surface area contributed by atoms with Crippen LogP contribution in [0.3, 0.4) is 0 Å². The van der Waals surface area contributed by atoms with Gasteiger partial charge in [-0.15, -0.1) is 0 Å². The van der Waals surface area contributed by atoms with Gasteiger partial charge in [0.25, 0.3) is 0 Å². The number of benzene rings is 2. The van der Waals surface area contributed by atoms with Crippen LogP contribution in [-0.2, 0) is 13.0 Å². The molecule has 4 rings (SSSR count). The van der Waals surface area contributed by atoms with Crippen LogP contribution in [0.1, 0.15) is 23.9 Å². The predicted octanol–water partition coefficient (Wildman–Crippen LogP) is 4.91. The normalized spacial score (nSPS) is 11.1. The van der Waals surface area contributed by atoms with E-state index in [4.69, 9.17) is 4.52 Å². The zero-order valence-corrected chi connectivity index (χ0v) is 15.2. The molecule has 0 radical (unpaired) electrons. The summed E-state index contributed by atoms with van der Waals surface area (Å²) < 4.78 is 19.0. The van der Waals surface area contributed by atoms with Crippen molar-refractivity contribution in [3.8, 4) is 11.3 Å². The molecular formula is C21H19FN4O. The molecule has 0 aliphatic rings. The van der Waals surface area contributed by atoms with E-state index in [-0.39, 0.29) is 5.82 Å². The Bertz CT molecular complexity index is 1090. The van der Waals surface area contributed by atoms with E-state index in [1.165, 1.54) is 17.7 Å². The molecule has 27 heavy (non-hydrogen) atoms. The highest BCUT2D eigenvalue weighted by molar-refractivity contribution is 5.93. The molecule has 1 N–H and O–H groups in total. The van der Waals surface area contributed by atoms with Crippen LogP contribution in [-0.4, -0.2) is 15.1 Å². The van der Waals surface area contributed by atoms with E-state index in [1.807, 2.05) is 44.2 Å². The molecule has 0 spiro atoms. The van der Waals surface area contributed by atoms with Crippen LogP contribution in [0.5, 0.6) is 0 Å². The van der Waals surface area contributed by atoms with Crippen LogP contribution in [0.15, 0.2) is 53.1 Å². The lowest BCUT2D eigenvalue weighted by atomic mass is 10.1. The smallest absolute Gasteiger partial charge is 0.228 e. The van der Waals surface area contributed by atoms with Crippen molar-refractivity contribution in [2.24, 2.45) is 0 Å². The molecule has 0 fully saturated rings. The second-order valence-electron chi connectivity index (χ2n) is 6.40. The number of nitrogens with zero attached hydrogens (tertiary/aromatic N) is 3. The molecule has 0 aliphatic heterocycles. The molecule has 4 aromatic rings. The predicted molar refractivity (Wildman–Crippen MR) is 103 cm³/mol. The van der Waals surface area contributed by atoms with E-state index >= 15 is 0 Å². The largest absolute Gasteiger partial charge is 0.363 e. The van der Waals surface area contributed by atoms with Crippen molar-refractivity contribution in [2.45, 2.75) is 26.8 Å². The monoisotopic (exact) mass is 362 g/mol. The average Bonchev–Trinajstić information content (AvgIpc) is 3.10. The Morgan fingerprint density at radius 3 is 2.63 bits per heavy atom. The van der Waals surface area contributed by atoms with Crippen molar-refractivity contribution < 1.29 is 8.91 Å².